The number of hydrogen-bond acceptors (Lipinski definition) is 4. The zero-order chi connectivity index (χ0) is 16.0. The van der Waals surface area contributed by atoms with Gasteiger partial charge in [-0.2, -0.15) is 0 Å². The number of carboxylic acids is 1. The topological polar surface area (TPSA) is 105 Å². The summed E-state index contributed by atoms with van der Waals surface area (Å²) in [5, 5.41) is 11.1. The minimum atomic E-state index is -0.989. The van der Waals surface area contributed by atoms with E-state index in [4.69, 9.17) is 5.73 Å². The molecule has 4 rings (SSSR count). The first-order valence-electron chi connectivity index (χ1n) is 7.01. The number of nitrogens with zero attached hydrogens (tertiary/aromatic N) is 2. The van der Waals surface area contributed by atoms with Crippen LogP contribution in [0.1, 0.15) is 10.4 Å². The van der Waals surface area contributed by atoms with Gasteiger partial charge in [0.05, 0.1) is 22.3 Å². The molecule has 4 N–H and O–H groups in total. The molecule has 0 bridgehead atoms. The lowest BCUT2D eigenvalue weighted by atomic mass is 10.0. The SMILES string of the molecule is Nc1ncc2ccc3c(C(=O)O)c(-c4ccccc4)[nH]c3c2n1. The summed E-state index contributed by atoms with van der Waals surface area (Å²) in [7, 11) is 0. The number of aromatic amines is 1. The molecule has 2 aromatic carbocycles. The van der Waals surface area contributed by atoms with Crippen molar-refractivity contribution in [1.82, 2.24) is 15.0 Å². The van der Waals surface area contributed by atoms with E-state index >= 15 is 0 Å². The molecular formula is C17H12N4O2. The molecule has 0 saturated heterocycles. The Morgan fingerprint density at radius 3 is 2.65 bits per heavy atom. The largest absolute Gasteiger partial charge is 0.478 e. The van der Waals surface area contributed by atoms with Gasteiger partial charge in [-0.3, -0.25) is 0 Å². The van der Waals surface area contributed by atoms with Gasteiger partial charge < -0.3 is 15.8 Å². The number of nitrogens with one attached hydrogen (secondary N) is 1. The van der Waals surface area contributed by atoms with Crippen molar-refractivity contribution >= 4 is 33.7 Å². The van der Waals surface area contributed by atoms with Crippen molar-refractivity contribution in [3.63, 3.8) is 0 Å². The molecule has 6 nitrogen and oxygen atoms in total. The van der Waals surface area contributed by atoms with Crippen LogP contribution in [0.15, 0.2) is 48.7 Å². The van der Waals surface area contributed by atoms with Crippen LogP contribution in [0.5, 0.6) is 0 Å². The number of carboxylic acid groups (broad SMARTS) is 1. The highest BCUT2D eigenvalue weighted by Crippen LogP contribution is 2.33. The fraction of sp³-hybridized carbons (Fsp3) is 0. The second-order valence-corrected chi connectivity index (χ2v) is 5.20. The third-order valence-electron chi connectivity index (χ3n) is 3.82. The zero-order valence-electron chi connectivity index (χ0n) is 11.9. The number of fused-ring (bicyclic) bond motifs is 3. The van der Waals surface area contributed by atoms with Crippen molar-refractivity contribution in [3.8, 4) is 11.3 Å². The molecule has 112 valence electrons. The molecule has 0 atom stereocenters. The predicted molar refractivity (Wildman–Crippen MR) is 88.2 cm³/mol. The van der Waals surface area contributed by atoms with Crippen molar-refractivity contribution in [1.29, 1.82) is 0 Å². The first-order chi connectivity index (χ1) is 11.1. The van der Waals surface area contributed by atoms with E-state index < -0.39 is 5.97 Å². The third kappa shape index (κ3) is 2.00. The highest BCUT2D eigenvalue weighted by atomic mass is 16.4. The van der Waals surface area contributed by atoms with Crippen molar-refractivity contribution in [3.05, 3.63) is 54.2 Å². The summed E-state index contributed by atoms with van der Waals surface area (Å²) in [5.74, 6) is -0.839. The van der Waals surface area contributed by atoms with Gasteiger partial charge in [0, 0.05) is 17.0 Å². The Morgan fingerprint density at radius 1 is 1.13 bits per heavy atom. The normalized spacial score (nSPS) is 11.1. The smallest absolute Gasteiger partial charge is 0.338 e. The molecule has 0 fully saturated rings. The maximum absolute atomic E-state index is 11.8. The number of anilines is 1. The maximum Gasteiger partial charge on any atom is 0.338 e. The molecule has 0 unspecified atom stereocenters. The molecule has 2 heterocycles. The summed E-state index contributed by atoms with van der Waals surface area (Å²) in [5.41, 5.74) is 8.52. The number of nitrogens with two attached hydrogens (primary N) is 1. The standard InChI is InChI=1S/C17H12N4O2/c18-17-19-8-10-6-7-11-12(16(22)23)13(9-4-2-1-3-5-9)20-15(11)14(10)21-17/h1-8,20H,(H,22,23)(H2,18,19,21). The summed E-state index contributed by atoms with van der Waals surface area (Å²) < 4.78 is 0. The Kier molecular flexibility index (Phi) is 2.77. The predicted octanol–water partition coefficient (Wildman–Crippen LogP) is 3.06. The van der Waals surface area contributed by atoms with Crippen molar-refractivity contribution in [2.24, 2.45) is 0 Å². The van der Waals surface area contributed by atoms with E-state index in [1.165, 1.54) is 0 Å². The Morgan fingerprint density at radius 2 is 1.91 bits per heavy atom. The molecule has 0 aliphatic carbocycles. The molecule has 0 radical (unpaired) electrons. The van der Waals surface area contributed by atoms with Crippen LogP contribution in [0.3, 0.4) is 0 Å². The molecule has 6 heteroatoms. The van der Waals surface area contributed by atoms with E-state index in [1.54, 1.807) is 18.3 Å². The van der Waals surface area contributed by atoms with Gasteiger partial charge in [-0.05, 0) is 5.56 Å². The van der Waals surface area contributed by atoms with Crippen molar-refractivity contribution in [2.45, 2.75) is 0 Å². The Hall–Kier alpha value is -3.41. The van der Waals surface area contributed by atoms with E-state index in [0.29, 0.717) is 22.1 Å². The van der Waals surface area contributed by atoms with Gasteiger partial charge in [0.1, 0.15) is 0 Å². The molecular weight excluding hydrogens is 292 g/mol. The van der Waals surface area contributed by atoms with Crippen molar-refractivity contribution in [2.75, 3.05) is 5.73 Å². The van der Waals surface area contributed by atoms with Crippen LogP contribution >= 0.6 is 0 Å². The fourth-order valence-electron chi connectivity index (χ4n) is 2.81. The average Bonchev–Trinajstić information content (AvgIpc) is 2.96. The van der Waals surface area contributed by atoms with E-state index in [2.05, 4.69) is 15.0 Å². The van der Waals surface area contributed by atoms with Gasteiger partial charge in [0.15, 0.2) is 0 Å². The van der Waals surface area contributed by atoms with Gasteiger partial charge >= 0.3 is 5.97 Å². The van der Waals surface area contributed by atoms with E-state index in [9.17, 15) is 9.90 Å². The number of benzene rings is 2. The number of aromatic nitrogens is 3. The monoisotopic (exact) mass is 304 g/mol. The maximum atomic E-state index is 11.8. The molecule has 0 amide bonds. The number of aromatic carboxylic acids is 1. The highest BCUT2D eigenvalue weighted by molar-refractivity contribution is 6.15. The Labute approximate surface area is 130 Å². The molecule has 0 saturated carbocycles. The summed E-state index contributed by atoms with van der Waals surface area (Å²) in [6, 6.07) is 12.9. The van der Waals surface area contributed by atoms with Gasteiger partial charge in [-0.15, -0.1) is 0 Å². The number of carbonyl (C=O) groups is 1. The fourth-order valence-corrected chi connectivity index (χ4v) is 2.81. The van der Waals surface area contributed by atoms with Crippen molar-refractivity contribution < 1.29 is 9.90 Å². The summed E-state index contributed by atoms with van der Waals surface area (Å²) in [6.45, 7) is 0. The lowest BCUT2D eigenvalue weighted by Crippen LogP contribution is -1.97. The van der Waals surface area contributed by atoms with Gasteiger partial charge in [0.2, 0.25) is 5.95 Å². The van der Waals surface area contributed by atoms with Crippen LogP contribution in [0.2, 0.25) is 0 Å². The molecule has 4 aromatic rings. The minimum Gasteiger partial charge on any atom is -0.478 e. The summed E-state index contributed by atoms with van der Waals surface area (Å²) in [6.07, 6.45) is 1.63. The first kappa shape index (κ1) is 13.3. The van der Waals surface area contributed by atoms with Crippen LogP contribution in [0.25, 0.3) is 33.1 Å². The Bertz CT molecular complexity index is 1050. The number of rotatable bonds is 2. The van der Waals surface area contributed by atoms with Gasteiger partial charge in [-0.1, -0.05) is 42.5 Å². The summed E-state index contributed by atoms with van der Waals surface area (Å²) >= 11 is 0. The molecule has 2 aromatic heterocycles. The van der Waals surface area contributed by atoms with E-state index in [0.717, 1.165) is 10.9 Å². The zero-order valence-corrected chi connectivity index (χ0v) is 11.9. The van der Waals surface area contributed by atoms with E-state index in [-0.39, 0.29) is 11.5 Å². The van der Waals surface area contributed by atoms with Gasteiger partial charge in [0.25, 0.3) is 0 Å². The highest BCUT2D eigenvalue weighted by Gasteiger charge is 2.20. The second kappa shape index (κ2) is 4.81. The minimum absolute atomic E-state index is 0.151. The number of nitrogen functional groups attached to an aromatic ring is 1. The quantitative estimate of drug-likeness (QED) is 0.528. The Balaban J connectivity index is 2.15. The average molecular weight is 304 g/mol. The molecule has 0 aliphatic heterocycles. The van der Waals surface area contributed by atoms with Gasteiger partial charge in [-0.25, -0.2) is 14.8 Å². The third-order valence-corrected chi connectivity index (χ3v) is 3.82. The number of H-pyrrole nitrogens is 1. The molecule has 0 aliphatic rings. The van der Waals surface area contributed by atoms with Crippen LogP contribution in [0, 0.1) is 0 Å². The number of hydrogen-bond donors (Lipinski definition) is 3. The van der Waals surface area contributed by atoms with Crippen LogP contribution in [0.4, 0.5) is 5.95 Å². The van der Waals surface area contributed by atoms with Crippen LogP contribution < -0.4 is 5.73 Å². The lowest BCUT2D eigenvalue weighted by molar-refractivity contribution is 0.0700. The second-order valence-electron chi connectivity index (χ2n) is 5.20. The van der Waals surface area contributed by atoms with Crippen LogP contribution in [-0.4, -0.2) is 26.0 Å². The lowest BCUT2D eigenvalue weighted by Gasteiger charge is -2.00. The summed E-state index contributed by atoms with van der Waals surface area (Å²) in [4.78, 5) is 23.2. The first-order valence-corrected chi connectivity index (χ1v) is 7.01. The molecule has 0 spiro atoms. The molecule has 23 heavy (non-hydrogen) atoms. The van der Waals surface area contributed by atoms with Crippen LogP contribution in [-0.2, 0) is 0 Å². The van der Waals surface area contributed by atoms with E-state index in [1.807, 2.05) is 30.3 Å².